The first-order valence-electron chi connectivity index (χ1n) is 9.18. The molecule has 0 saturated heterocycles. The van der Waals surface area contributed by atoms with Crippen molar-refractivity contribution in [2.75, 3.05) is 0 Å². The van der Waals surface area contributed by atoms with E-state index in [4.69, 9.17) is 0 Å². The van der Waals surface area contributed by atoms with Gasteiger partial charge in [0.05, 0.1) is 11.3 Å². The van der Waals surface area contributed by atoms with Crippen LogP contribution in [-0.4, -0.2) is 15.5 Å². The lowest BCUT2D eigenvalue weighted by Gasteiger charge is -2.08. The summed E-state index contributed by atoms with van der Waals surface area (Å²) < 4.78 is 1.99. The van der Waals surface area contributed by atoms with Crippen LogP contribution in [0.1, 0.15) is 15.9 Å². The second-order valence-electron chi connectivity index (χ2n) is 6.76. The Morgan fingerprint density at radius 1 is 1.00 bits per heavy atom. The Balaban J connectivity index is 1.95. The molecule has 0 atom stereocenters. The van der Waals surface area contributed by atoms with Gasteiger partial charge in [0.25, 0.3) is 0 Å². The lowest BCUT2D eigenvalue weighted by molar-refractivity contribution is 0.104. The highest BCUT2D eigenvalue weighted by Crippen LogP contribution is 2.34. The van der Waals surface area contributed by atoms with Gasteiger partial charge in [0.1, 0.15) is 17.4 Å². The van der Waals surface area contributed by atoms with Crippen LogP contribution in [0, 0.1) is 11.3 Å². The number of para-hydroxylation sites is 1. The molecule has 4 aromatic rings. The summed E-state index contributed by atoms with van der Waals surface area (Å²) in [6.07, 6.45) is 1.51. The zero-order valence-electron chi connectivity index (χ0n) is 15.8. The van der Waals surface area contributed by atoms with Gasteiger partial charge in [0.2, 0.25) is 5.78 Å². The lowest BCUT2D eigenvalue weighted by atomic mass is 9.96. The number of phenolic OH excluding ortho intramolecular Hbond substituents is 1. The molecule has 0 aliphatic heterocycles. The average Bonchev–Trinajstić information content (AvgIpc) is 3.05. The van der Waals surface area contributed by atoms with Crippen LogP contribution in [0.2, 0.25) is 0 Å². The fraction of sp³-hybridized carbons (Fsp3) is 0.0400. The second kappa shape index (κ2) is 7.49. The summed E-state index contributed by atoms with van der Waals surface area (Å²) in [6.45, 7) is 0. The predicted molar refractivity (Wildman–Crippen MR) is 114 cm³/mol. The van der Waals surface area contributed by atoms with Crippen molar-refractivity contribution in [2.45, 2.75) is 0 Å². The van der Waals surface area contributed by atoms with Crippen molar-refractivity contribution in [2.24, 2.45) is 7.05 Å². The molecule has 4 heteroatoms. The molecule has 4 rings (SSSR count). The monoisotopic (exact) mass is 378 g/mol. The largest absolute Gasteiger partial charge is 0.508 e. The topological polar surface area (TPSA) is 66.0 Å². The maximum Gasteiger partial charge on any atom is 0.206 e. The predicted octanol–water partition coefficient (Wildman–Crippen LogP) is 5.34. The van der Waals surface area contributed by atoms with E-state index < -0.39 is 0 Å². The number of phenols is 1. The summed E-state index contributed by atoms with van der Waals surface area (Å²) in [4.78, 5) is 13.5. The molecular formula is C25H18N2O2. The molecule has 4 nitrogen and oxygen atoms in total. The van der Waals surface area contributed by atoms with Gasteiger partial charge in [-0.15, -0.1) is 0 Å². The maximum atomic E-state index is 13.5. The van der Waals surface area contributed by atoms with Crippen molar-refractivity contribution in [3.8, 4) is 23.1 Å². The first-order valence-corrected chi connectivity index (χ1v) is 9.18. The van der Waals surface area contributed by atoms with Gasteiger partial charge in [-0.2, -0.15) is 5.26 Å². The standard InChI is InChI=1S/C25H18N2O2/c1-27-22-13-6-5-12-21(22)23(24(27)18-9-3-2-4-10-18)25(29)19(16-26)14-17-8-7-11-20(28)15-17/h2-15,28H,1H3/b19-14+. The van der Waals surface area contributed by atoms with Crippen molar-refractivity contribution in [1.82, 2.24) is 4.57 Å². The molecule has 140 valence electrons. The van der Waals surface area contributed by atoms with E-state index in [2.05, 4.69) is 0 Å². The normalized spacial score (nSPS) is 11.4. The molecule has 29 heavy (non-hydrogen) atoms. The van der Waals surface area contributed by atoms with Crippen LogP contribution >= 0.6 is 0 Å². The molecule has 0 amide bonds. The summed E-state index contributed by atoms with van der Waals surface area (Å²) in [5, 5.41) is 20.2. The molecular weight excluding hydrogens is 360 g/mol. The quantitative estimate of drug-likeness (QED) is 0.296. The van der Waals surface area contributed by atoms with Gasteiger partial charge in [0, 0.05) is 18.0 Å². The fourth-order valence-electron chi connectivity index (χ4n) is 3.62. The Hall–Kier alpha value is -4.10. The minimum absolute atomic E-state index is 0.0177. The second-order valence-corrected chi connectivity index (χ2v) is 6.76. The third-order valence-corrected chi connectivity index (χ3v) is 4.93. The van der Waals surface area contributed by atoms with Gasteiger partial charge in [0.15, 0.2) is 0 Å². The van der Waals surface area contributed by atoms with Crippen LogP contribution in [0.5, 0.6) is 5.75 Å². The van der Waals surface area contributed by atoms with E-state index in [0.717, 1.165) is 22.2 Å². The third kappa shape index (κ3) is 3.30. The molecule has 0 fully saturated rings. The molecule has 1 aromatic heterocycles. The van der Waals surface area contributed by atoms with Gasteiger partial charge in [-0.3, -0.25) is 4.79 Å². The van der Waals surface area contributed by atoms with E-state index in [0.29, 0.717) is 11.1 Å². The summed E-state index contributed by atoms with van der Waals surface area (Å²) in [6, 6.07) is 25.9. The first kappa shape index (κ1) is 18.3. The number of hydrogen-bond acceptors (Lipinski definition) is 3. The Morgan fingerprint density at radius 3 is 2.45 bits per heavy atom. The summed E-state index contributed by atoms with van der Waals surface area (Å²) in [7, 11) is 1.92. The number of aromatic hydroxyl groups is 1. The molecule has 0 radical (unpaired) electrons. The number of aryl methyl sites for hydroxylation is 1. The van der Waals surface area contributed by atoms with Gasteiger partial charge >= 0.3 is 0 Å². The van der Waals surface area contributed by atoms with E-state index in [9.17, 15) is 15.2 Å². The molecule has 0 unspecified atom stereocenters. The van der Waals surface area contributed by atoms with Crippen LogP contribution < -0.4 is 0 Å². The van der Waals surface area contributed by atoms with Gasteiger partial charge < -0.3 is 9.67 Å². The zero-order valence-corrected chi connectivity index (χ0v) is 15.8. The van der Waals surface area contributed by atoms with Crippen LogP contribution in [0.4, 0.5) is 0 Å². The molecule has 1 N–H and O–H groups in total. The van der Waals surface area contributed by atoms with Gasteiger partial charge in [-0.05, 0) is 35.4 Å². The van der Waals surface area contributed by atoms with Crippen molar-refractivity contribution in [1.29, 1.82) is 5.26 Å². The molecule has 1 heterocycles. The Kier molecular flexibility index (Phi) is 4.72. The van der Waals surface area contributed by atoms with Crippen LogP contribution in [0.3, 0.4) is 0 Å². The van der Waals surface area contributed by atoms with Gasteiger partial charge in [-0.25, -0.2) is 0 Å². The van der Waals surface area contributed by atoms with E-state index in [1.165, 1.54) is 12.1 Å². The Morgan fingerprint density at radius 2 is 1.72 bits per heavy atom. The van der Waals surface area contributed by atoms with Crippen LogP contribution in [0.15, 0.2) is 84.4 Å². The van der Waals surface area contributed by atoms with Crippen molar-refractivity contribution >= 4 is 22.8 Å². The number of carbonyl (C=O) groups excluding carboxylic acids is 1. The number of Topliss-reactive ketones (excluding diaryl/α,β-unsaturated/α-hetero) is 1. The summed E-state index contributed by atoms with van der Waals surface area (Å²) >= 11 is 0. The van der Waals surface area contributed by atoms with E-state index in [-0.39, 0.29) is 17.1 Å². The number of nitrogens with zero attached hydrogens (tertiary/aromatic N) is 2. The number of ketones is 1. The number of hydrogen-bond donors (Lipinski definition) is 1. The van der Waals surface area contributed by atoms with E-state index in [1.54, 1.807) is 18.2 Å². The molecule has 3 aromatic carbocycles. The van der Waals surface area contributed by atoms with Crippen molar-refractivity contribution in [3.05, 3.63) is 95.6 Å². The fourth-order valence-corrected chi connectivity index (χ4v) is 3.62. The summed E-state index contributed by atoms with van der Waals surface area (Å²) in [5.41, 5.74) is 3.71. The number of benzene rings is 3. The van der Waals surface area contributed by atoms with Crippen molar-refractivity contribution < 1.29 is 9.90 Å². The molecule has 0 aliphatic carbocycles. The average molecular weight is 378 g/mol. The van der Waals surface area contributed by atoms with Crippen LogP contribution in [-0.2, 0) is 7.05 Å². The summed E-state index contributed by atoms with van der Waals surface area (Å²) in [5.74, 6) is -0.259. The highest BCUT2D eigenvalue weighted by Gasteiger charge is 2.24. The van der Waals surface area contributed by atoms with Crippen LogP contribution in [0.25, 0.3) is 28.2 Å². The smallest absolute Gasteiger partial charge is 0.206 e. The Labute approximate surface area is 168 Å². The highest BCUT2D eigenvalue weighted by molar-refractivity contribution is 6.23. The number of fused-ring (bicyclic) bond motifs is 1. The number of carbonyl (C=O) groups is 1. The third-order valence-electron chi connectivity index (χ3n) is 4.93. The number of rotatable bonds is 4. The maximum absolute atomic E-state index is 13.5. The minimum Gasteiger partial charge on any atom is -0.508 e. The van der Waals surface area contributed by atoms with Gasteiger partial charge in [-0.1, -0.05) is 60.7 Å². The number of allylic oxidation sites excluding steroid dienone is 1. The lowest BCUT2D eigenvalue weighted by Crippen LogP contribution is -2.04. The molecule has 0 spiro atoms. The Bertz CT molecular complexity index is 1290. The molecule has 0 aliphatic rings. The SMILES string of the molecule is Cn1c(-c2ccccc2)c(C(=O)/C(C#N)=C/c2cccc(O)c2)c2ccccc21. The molecule has 0 bridgehead atoms. The zero-order chi connectivity index (χ0) is 20.4. The van der Waals surface area contributed by atoms with E-state index in [1.807, 2.05) is 72.3 Å². The number of nitriles is 1. The minimum atomic E-state index is -0.341. The highest BCUT2D eigenvalue weighted by atomic mass is 16.3. The first-order chi connectivity index (χ1) is 14.1. The molecule has 0 saturated carbocycles. The van der Waals surface area contributed by atoms with Crippen molar-refractivity contribution in [3.63, 3.8) is 0 Å². The van der Waals surface area contributed by atoms with E-state index >= 15 is 0 Å². The number of aromatic nitrogens is 1.